The van der Waals surface area contributed by atoms with E-state index in [4.69, 9.17) is 0 Å². The average Bonchev–Trinajstić information content (AvgIpc) is 3.66. The second-order valence-corrected chi connectivity index (χ2v) is 15.7. The predicted octanol–water partition coefficient (Wildman–Crippen LogP) is 16.2. The molecule has 0 saturated heterocycles. The van der Waals surface area contributed by atoms with Gasteiger partial charge in [-0.1, -0.05) is 176 Å². The SMILES string of the molecule is c1ccc(-c2cc3ccccc3c3c2c2ccc(N(c4ccccc4)c4ccc(-c5cc6ccccc6c6ccccc56)cc4)cc2n3-c2cccc3ccccc23)cc1. The van der Waals surface area contributed by atoms with Gasteiger partial charge in [0.25, 0.3) is 0 Å². The van der Waals surface area contributed by atoms with E-state index in [-0.39, 0.29) is 0 Å². The van der Waals surface area contributed by atoms with Crippen molar-refractivity contribution in [3.63, 3.8) is 0 Å². The van der Waals surface area contributed by atoms with E-state index >= 15 is 0 Å². The summed E-state index contributed by atoms with van der Waals surface area (Å²) < 4.78 is 2.53. The van der Waals surface area contributed by atoms with Crippen LogP contribution in [-0.4, -0.2) is 4.57 Å². The first kappa shape index (κ1) is 34.1. The van der Waals surface area contributed by atoms with Crippen molar-refractivity contribution < 1.29 is 0 Å². The lowest BCUT2D eigenvalue weighted by atomic mass is 9.93. The number of aromatic nitrogens is 1. The molecule has 12 rings (SSSR count). The number of anilines is 3. The molecular formula is C58H38N2. The second-order valence-electron chi connectivity index (χ2n) is 15.7. The molecule has 2 nitrogen and oxygen atoms in total. The van der Waals surface area contributed by atoms with Gasteiger partial charge < -0.3 is 9.47 Å². The van der Waals surface area contributed by atoms with Crippen molar-refractivity contribution in [2.24, 2.45) is 0 Å². The lowest BCUT2D eigenvalue weighted by molar-refractivity contribution is 1.20. The van der Waals surface area contributed by atoms with Crippen molar-refractivity contribution >= 4 is 82.0 Å². The number of nitrogens with zero attached hydrogens (tertiary/aromatic N) is 2. The van der Waals surface area contributed by atoms with Crippen LogP contribution < -0.4 is 4.90 Å². The number of rotatable bonds is 6. The lowest BCUT2D eigenvalue weighted by Crippen LogP contribution is -2.10. The summed E-state index contributed by atoms with van der Waals surface area (Å²) in [5.74, 6) is 0. The van der Waals surface area contributed by atoms with Crippen LogP contribution in [-0.2, 0) is 0 Å². The van der Waals surface area contributed by atoms with E-state index in [0.717, 1.165) is 22.6 Å². The molecule has 0 aliphatic heterocycles. The third-order valence-electron chi connectivity index (χ3n) is 12.3. The molecule has 0 aliphatic carbocycles. The highest BCUT2D eigenvalue weighted by molar-refractivity contribution is 6.25. The van der Waals surface area contributed by atoms with Gasteiger partial charge in [-0.25, -0.2) is 0 Å². The van der Waals surface area contributed by atoms with Crippen LogP contribution in [0.4, 0.5) is 17.1 Å². The summed E-state index contributed by atoms with van der Waals surface area (Å²) in [6.07, 6.45) is 0. The van der Waals surface area contributed by atoms with Gasteiger partial charge in [0, 0.05) is 38.6 Å². The maximum atomic E-state index is 2.53. The molecule has 0 fully saturated rings. The average molecular weight is 763 g/mol. The van der Waals surface area contributed by atoms with Gasteiger partial charge in [0.2, 0.25) is 0 Å². The van der Waals surface area contributed by atoms with Crippen LogP contribution in [0.15, 0.2) is 231 Å². The minimum absolute atomic E-state index is 1.09. The summed E-state index contributed by atoms with van der Waals surface area (Å²) in [5, 5.41) is 12.4. The van der Waals surface area contributed by atoms with E-state index in [0.29, 0.717) is 0 Å². The van der Waals surface area contributed by atoms with Crippen molar-refractivity contribution in [2.45, 2.75) is 0 Å². The maximum Gasteiger partial charge on any atom is 0.0625 e. The Labute approximate surface area is 348 Å². The molecule has 0 amide bonds. The molecule has 0 aliphatic rings. The molecular weight excluding hydrogens is 725 g/mol. The Morgan fingerprint density at radius 3 is 1.60 bits per heavy atom. The zero-order chi connectivity index (χ0) is 39.6. The zero-order valence-electron chi connectivity index (χ0n) is 32.8. The molecule has 2 heteroatoms. The molecule has 0 N–H and O–H groups in total. The minimum atomic E-state index is 1.09. The molecule has 1 aromatic heterocycles. The highest BCUT2D eigenvalue weighted by Gasteiger charge is 2.23. The number of para-hydroxylation sites is 1. The van der Waals surface area contributed by atoms with Gasteiger partial charge in [0.1, 0.15) is 0 Å². The van der Waals surface area contributed by atoms with Gasteiger partial charge in [-0.15, -0.1) is 0 Å². The summed E-state index contributed by atoms with van der Waals surface area (Å²) in [5.41, 5.74) is 11.7. The molecule has 0 atom stereocenters. The van der Waals surface area contributed by atoms with Crippen LogP contribution in [0.3, 0.4) is 0 Å². The Kier molecular flexibility index (Phi) is 7.89. The fourth-order valence-electron chi connectivity index (χ4n) is 9.62. The normalized spacial score (nSPS) is 11.7. The van der Waals surface area contributed by atoms with Crippen molar-refractivity contribution in [3.05, 3.63) is 231 Å². The summed E-state index contributed by atoms with van der Waals surface area (Å²) in [4.78, 5) is 2.39. The van der Waals surface area contributed by atoms with E-state index in [1.807, 2.05) is 0 Å². The third kappa shape index (κ3) is 5.42. The van der Waals surface area contributed by atoms with Crippen molar-refractivity contribution in [2.75, 3.05) is 4.90 Å². The summed E-state index contributed by atoms with van der Waals surface area (Å²) in [6.45, 7) is 0. The smallest absolute Gasteiger partial charge is 0.0625 e. The van der Waals surface area contributed by atoms with E-state index in [2.05, 4.69) is 240 Å². The quantitative estimate of drug-likeness (QED) is 0.153. The van der Waals surface area contributed by atoms with Crippen LogP contribution in [0.5, 0.6) is 0 Å². The lowest BCUT2D eigenvalue weighted by Gasteiger charge is -2.26. The van der Waals surface area contributed by atoms with Gasteiger partial charge in [-0.05, 0) is 109 Å². The fraction of sp³-hybridized carbons (Fsp3) is 0. The minimum Gasteiger partial charge on any atom is -0.310 e. The highest BCUT2D eigenvalue weighted by Crippen LogP contribution is 2.46. The Bertz CT molecular complexity index is 3580. The number of fused-ring (bicyclic) bond motifs is 9. The molecule has 0 bridgehead atoms. The van der Waals surface area contributed by atoms with E-state index < -0.39 is 0 Å². The van der Waals surface area contributed by atoms with Gasteiger partial charge in [-0.2, -0.15) is 0 Å². The summed E-state index contributed by atoms with van der Waals surface area (Å²) in [6, 6.07) is 84.3. The largest absolute Gasteiger partial charge is 0.310 e. The molecule has 12 aromatic rings. The van der Waals surface area contributed by atoms with Crippen LogP contribution in [0.25, 0.3) is 92.8 Å². The summed E-state index contributed by atoms with van der Waals surface area (Å²) in [7, 11) is 0. The third-order valence-corrected chi connectivity index (χ3v) is 12.3. The van der Waals surface area contributed by atoms with Gasteiger partial charge in [-0.3, -0.25) is 0 Å². The van der Waals surface area contributed by atoms with E-state index in [1.54, 1.807) is 0 Å². The molecule has 0 radical (unpaired) electrons. The molecule has 0 saturated carbocycles. The topological polar surface area (TPSA) is 8.17 Å². The second kappa shape index (κ2) is 13.9. The highest BCUT2D eigenvalue weighted by atomic mass is 15.1. The molecule has 60 heavy (non-hydrogen) atoms. The molecule has 0 spiro atoms. The van der Waals surface area contributed by atoms with E-state index in [1.165, 1.54) is 87.3 Å². The first-order valence-electron chi connectivity index (χ1n) is 20.7. The van der Waals surface area contributed by atoms with Crippen molar-refractivity contribution in [1.82, 2.24) is 4.57 Å². The van der Waals surface area contributed by atoms with Crippen LogP contribution in [0.2, 0.25) is 0 Å². The first-order valence-corrected chi connectivity index (χ1v) is 20.7. The summed E-state index contributed by atoms with van der Waals surface area (Å²) >= 11 is 0. The van der Waals surface area contributed by atoms with Crippen LogP contribution in [0.1, 0.15) is 0 Å². The Morgan fingerprint density at radius 2 is 0.833 bits per heavy atom. The van der Waals surface area contributed by atoms with Gasteiger partial charge in [0.15, 0.2) is 0 Å². The van der Waals surface area contributed by atoms with Crippen molar-refractivity contribution in [1.29, 1.82) is 0 Å². The Hall–Kier alpha value is -7.94. The Morgan fingerprint density at radius 1 is 0.300 bits per heavy atom. The van der Waals surface area contributed by atoms with Gasteiger partial charge in [0.05, 0.1) is 16.7 Å². The first-order chi connectivity index (χ1) is 29.8. The molecule has 0 unspecified atom stereocenters. The fourth-order valence-corrected chi connectivity index (χ4v) is 9.62. The van der Waals surface area contributed by atoms with Gasteiger partial charge >= 0.3 is 0 Å². The number of benzene rings is 11. The van der Waals surface area contributed by atoms with Crippen molar-refractivity contribution in [3.8, 4) is 27.9 Å². The Balaban J connectivity index is 1.12. The van der Waals surface area contributed by atoms with Crippen LogP contribution in [0, 0.1) is 0 Å². The zero-order valence-corrected chi connectivity index (χ0v) is 32.8. The van der Waals surface area contributed by atoms with E-state index in [9.17, 15) is 0 Å². The predicted molar refractivity (Wildman–Crippen MR) is 256 cm³/mol. The molecule has 1 heterocycles. The number of hydrogen-bond donors (Lipinski definition) is 0. The molecule has 280 valence electrons. The molecule has 11 aromatic carbocycles. The standard InChI is InChI=1S/C58H38N2/c1-3-16-40(17-4-1)54-37-43-20-9-12-26-49(43)58-57(54)52-35-34-46(38-56(52)60(58)55-29-15-21-39-18-7-11-25-48(39)55)59(44-22-5-2-6-23-44)45-32-30-41(31-33-45)53-36-42-19-8-10-24-47(42)50-27-13-14-28-51(50)53/h1-38H. The maximum absolute atomic E-state index is 2.53. The van der Waals surface area contributed by atoms with Crippen LogP contribution >= 0.6 is 0 Å². The number of hydrogen-bond acceptors (Lipinski definition) is 1. The monoisotopic (exact) mass is 762 g/mol.